The van der Waals surface area contributed by atoms with E-state index in [9.17, 15) is 4.79 Å². The SMILES string of the molecule is O=C(c1cc(C2CC2)on1)N1CCSC(c2ccccc2Cl)CC1. The number of hydrogen-bond donors (Lipinski definition) is 0. The number of amides is 1. The Morgan fingerprint density at radius 2 is 2.08 bits per heavy atom. The molecule has 4 rings (SSSR count). The minimum absolute atomic E-state index is 0.0222. The van der Waals surface area contributed by atoms with Gasteiger partial charge in [-0.15, -0.1) is 0 Å². The molecule has 1 unspecified atom stereocenters. The average molecular weight is 363 g/mol. The van der Waals surface area contributed by atoms with E-state index in [1.165, 1.54) is 0 Å². The van der Waals surface area contributed by atoms with Crippen molar-refractivity contribution in [2.24, 2.45) is 0 Å². The molecule has 0 spiro atoms. The Labute approximate surface area is 150 Å². The predicted molar refractivity (Wildman–Crippen MR) is 95.6 cm³/mol. The predicted octanol–water partition coefficient (Wildman–Crippen LogP) is 4.53. The molecule has 24 heavy (non-hydrogen) atoms. The molecule has 1 aliphatic heterocycles. The highest BCUT2D eigenvalue weighted by atomic mass is 35.5. The first kappa shape index (κ1) is 16.0. The van der Waals surface area contributed by atoms with Gasteiger partial charge in [0.2, 0.25) is 0 Å². The van der Waals surface area contributed by atoms with Gasteiger partial charge in [-0.25, -0.2) is 0 Å². The van der Waals surface area contributed by atoms with Crippen LogP contribution >= 0.6 is 23.4 Å². The maximum Gasteiger partial charge on any atom is 0.276 e. The van der Waals surface area contributed by atoms with Crippen LogP contribution in [0.3, 0.4) is 0 Å². The normalized spacial score (nSPS) is 21.5. The highest BCUT2D eigenvalue weighted by Crippen LogP contribution is 2.40. The van der Waals surface area contributed by atoms with Crippen LogP contribution in [0.1, 0.15) is 52.2 Å². The molecule has 1 saturated carbocycles. The van der Waals surface area contributed by atoms with Crippen LogP contribution in [0.15, 0.2) is 34.9 Å². The molecule has 0 N–H and O–H groups in total. The second kappa shape index (κ2) is 6.81. The number of aromatic nitrogens is 1. The molecule has 4 nitrogen and oxygen atoms in total. The second-order valence-electron chi connectivity index (χ2n) is 6.35. The molecular weight excluding hydrogens is 344 g/mol. The van der Waals surface area contributed by atoms with E-state index in [-0.39, 0.29) is 5.91 Å². The van der Waals surface area contributed by atoms with E-state index in [1.54, 1.807) is 0 Å². The lowest BCUT2D eigenvalue weighted by Gasteiger charge is -2.19. The van der Waals surface area contributed by atoms with Gasteiger partial charge in [0.05, 0.1) is 0 Å². The van der Waals surface area contributed by atoms with Crippen LogP contribution in [0.4, 0.5) is 0 Å². The van der Waals surface area contributed by atoms with Crippen LogP contribution < -0.4 is 0 Å². The van der Waals surface area contributed by atoms with Crippen LogP contribution in [0.5, 0.6) is 0 Å². The fourth-order valence-corrected chi connectivity index (χ4v) is 4.67. The van der Waals surface area contributed by atoms with Crippen LogP contribution in [-0.4, -0.2) is 34.8 Å². The third kappa shape index (κ3) is 3.33. The summed E-state index contributed by atoms with van der Waals surface area (Å²) >= 11 is 8.19. The standard InChI is InChI=1S/C18H19ClN2O2S/c19-14-4-2-1-3-13(14)17-7-8-21(9-10-24-17)18(22)15-11-16(23-20-15)12-5-6-12/h1-4,11-12,17H,5-10H2. The van der Waals surface area contributed by atoms with E-state index in [2.05, 4.69) is 11.2 Å². The quantitative estimate of drug-likeness (QED) is 0.805. The number of hydrogen-bond acceptors (Lipinski definition) is 4. The van der Waals surface area contributed by atoms with Gasteiger partial charge in [0.25, 0.3) is 5.91 Å². The lowest BCUT2D eigenvalue weighted by atomic mass is 10.1. The number of nitrogens with zero attached hydrogens (tertiary/aromatic N) is 2. The van der Waals surface area contributed by atoms with Crippen molar-refractivity contribution in [2.45, 2.75) is 30.4 Å². The van der Waals surface area contributed by atoms with Crippen molar-refractivity contribution in [3.05, 3.63) is 52.4 Å². The van der Waals surface area contributed by atoms with Crippen LogP contribution in [0.25, 0.3) is 0 Å². The van der Waals surface area contributed by atoms with Gasteiger partial charge in [0.1, 0.15) is 5.76 Å². The van der Waals surface area contributed by atoms with Crippen molar-refractivity contribution in [1.29, 1.82) is 0 Å². The number of rotatable bonds is 3. The largest absolute Gasteiger partial charge is 0.360 e. The molecule has 2 heterocycles. The zero-order valence-corrected chi connectivity index (χ0v) is 14.9. The van der Waals surface area contributed by atoms with Crippen LogP contribution in [0.2, 0.25) is 5.02 Å². The van der Waals surface area contributed by atoms with Crippen molar-refractivity contribution in [3.63, 3.8) is 0 Å². The molecular formula is C18H19ClN2O2S. The van der Waals surface area contributed by atoms with E-state index in [1.807, 2.05) is 40.9 Å². The summed E-state index contributed by atoms with van der Waals surface area (Å²) in [6, 6.07) is 9.80. The molecule has 2 aliphatic rings. The summed E-state index contributed by atoms with van der Waals surface area (Å²) in [4.78, 5) is 14.6. The van der Waals surface area contributed by atoms with Gasteiger partial charge in [0.15, 0.2) is 5.69 Å². The van der Waals surface area contributed by atoms with Crippen molar-refractivity contribution < 1.29 is 9.32 Å². The fraction of sp³-hybridized carbons (Fsp3) is 0.444. The lowest BCUT2D eigenvalue weighted by molar-refractivity contribution is 0.0756. The van der Waals surface area contributed by atoms with E-state index >= 15 is 0 Å². The van der Waals surface area contributed by atoms with Crippen molar-refractivity contribution >= 4 is 29.3 Å². The first-order valence-corrected chi connectivity index (χ1v) is 9.77. The molecule has 1 saturated heterocycles. The molecule has 2 fully saturated rings. The van der Waals surface area contributed by atoms with Gasteiger partial charge >= 0.3 is 0 Å². The van der Waals surface area contributed by atoms with Crippen LogP contribution in [-0.2, 0) is 0 Å². The third-order valence-electron chi connectivity index (χ3n) is 4.61. The summed E-state index contributed by atoms with van der Waals surface area (Å²) in [7, 11) is 0. The molecule has 2 aromatic rings. The van der Waals surface area contributed by atoms with Crippen molar-refractivity contribution in [3.8, 4) is 0 Å². The topological polar surface area (TPSA) is 46.3 Å². The number of carbonyl (C=O) groups excluding carboxylic acids is 1. The molecule has 1 aliphatic carbocycles. The Morgan fingerprint density at radius 3 is 2.88 bits per heavy atom. The fourth-order valence-electron chi connectivity index (χ4n) is 3.07. The smallest absolute Gasteiger partial charge is 0.276 e. The van der Waals surface area contributed by atoms with Gasteiger partial charge in [-0.3, -0.25) is 4.79 Å². The number of carbonyl (C=O) groups is 1. The first-order valence-electron chi connectivity index (χ1n) is 8.34. The maximum atomic E-state index is 12.7. The van der Waals surface area contributed by atoms with E-state index < -0.39 is 0 Å². The Bertz CT molecular complexity index is 744. The molecule has 6 heteroatoms. The molecule has 1 amide bonds. The van der Waals surface area contributed by atoms with Gasteiger partial charge < -0.3 is 9.42 Å². The van der Waals surface area contributed by atoms with Gasteiger partial charge in [0, 0.05) is 41.1 Å². The lowest BCUT2D eigenvalue weighted by Crippen LogP contribution is -2.33. The Kier molecular flexibility index (Phi) is 4.55. The number of halogens is 1. The van der Waals surface area contributed by atoms with E-state index in [0.29, 0.717) is 23.4 Å². The van der Waals surface area contributed by atoms with Gasteiger partial charge in [-0.05, 0) is 30.9 Å². The molecule has 1 aromatic carbocycles. The highest BCUT2D eigenvalue weighted by Gasteiger charge is 2.30. The summed E-state index contributed by atoms with van der Waals surface area (Å²) in [5, 5.41) is 5.12. The Hall–Kier alpha value is -1.46. The monoisotopic (exact) mass is 362 g/mol. The van der Waals surface area contributed by atoms with Crippen LogP contribution in [0, 0.1) is 0 Å². The highest BCUT2D eigenvalue weighted by molar-refractivity contribution is 7.99. The maximum absolute atomic E-state index is 12.7. The molecule has 0 radical (unpaired) electrons. The molecule has 126 valence electrons. The number of thioether (sulfide) groups is 1. The first-order chi connectivity index (χ1) is 11.7. The summed E-state index contributed by atoms with van der Waals surface area (Å²) in [6.07, 6.45) is 3.18. The zero-order valence-electron chi connectivity index (χ0n) is 13.3. The number of benzene rings is 1. The Morgan fingerprint density at radius 1 is 1.25 bits per heavy atom. The zero-order chi connectivity index (χ0) is 16.5. The molecule has 0 bridgehead atoms. The summed E-state index contributed by atoms with van der Waals surface area (Å²) in [5.41, 5.74) is 1.61. The molecule has 1 aromatic heterocycles. The molecule has 1 atom stereocenters. The Balaban J connectivity index is 1.44. The second-order valence-corrected chi connectivity index (χ2v) is 8.07. The summed E-state index contributed by atoms with van der Waals surface area (Å²) in [5.74, 6) is 2.21. The minimum atomic E-state index is -0.0222. The van der Waals surface area contributed by atoms with E-state index in [4.69, 9.17) is 16.1 Å². The van der Waals surface area contributed by atoms with E-state index in [0.717, 1.165) is 47.9 Å². The average Bonchev–Trinajstić information content (AvgIpc) is 3.37. The van der Waals surface area contributed by atoms with Gasteiger partial charge in [-0.2, -0.15) is 11.8 Å². The summed E-state index contributed by atoms with van der Waals surface area (Å²) in [6.45, 7) is 1.45. The summed E-state index contributed by atoms with van der Waals surface area (Å²) < 4.78 is 5.32. The van der Waals surface area contributed by atoms with Crippen molar-refractivity contribution in [2.75, 3.05) is 18.8 Å². The minimum Gasteiger partial charge on any atom is -0.360 e. The van der Waals surface area contributed by atoms with Crippen molar-refractivity contribution in [1.82, 2.24) is 10.1 Å². The third-order valence-corrected chi connectivity index (χ3v) is 6.26. The van der Waals surface area contributed by atoms with Gasteiger partial charge in [-0.1, -0.05) is 35.0 Å².